The molecular weight excluding hydrogens is 608 g/mol. The van der Waals surface area contributed by atoms with Crippen molar-refractivity contribution in [3.8, 4) is 5.75 Å². The van der Waals surface area contributed by atoms with Gasteiger partial charge in [0.15, 0.2) is 11.7 Å². The monoisotopic (exact) mass is 650 g/mol. The van der Waals surface area contributed by atoms with Gasteiger partial charge in [-0.3, -0.25) is 14.4 Å². The van der Waals surface area contributed by atoms with Crippen LogP contribution < -0.4 is 4.74 Å². The van der Waals surface area contributed by atoms with Gasteiger partial charge in [0.05, 0.1) is 17.1 Å². The summed E-state index contributed by atoms with van der Waals surface area (Å²) in [5, 5.41) is 12.5. The van der Waals surface area contributed by atoms with Crippen molar-refractivity contribution in [2.45, 2.75) is 95.6 Å². The molecule has 3 fully saturated rings. The maximum atomic E-state index is 13.6. The molecule has 47 heavy (non-hydrogen) atoms. The zero-order chi connectivity index (χ0) is 34.2. The van der Waals surface area contributed by atoms with Crippen LogP contribution in [0.3, 0.4) is 0 Å². The molecule has 2 aliphatic carbocycles. The predicted molar refractivity (Wildman–Crippen MR) is 168 cm³/mol. The molecule has 0 aromatic heterocycles. The molecule has 5 rings (SSSR count). The molecule has 0 amide bonds. The summed E-state index contributed by atoms with van der Waals surface area (Å²) in [7, 11) is 0. The lowest BCUT2D eigenvalue weighted by Gasteiger charge is -2.65. The van der Waals surface area contributed by atoms with E-state index in [2.05, 4.69) is 0 Å². The molecule has 11 heteroatoms. The molecule has 3 aliphatic rings. The SMILES string of the molecule is CC(=O)OC[C@]12[C@@H](OC(=O)C=Cc3ccccc3)CC[C@](C)(O)[C@]13OC(C)(C)[C@@H]([C@@H](OC(C)=O)[C@H]2Oc1ccccc1)[C@H]3OC(C)=O. The average molecular weight is 651 g/mol. The van der Waals surface area contributed by atoms with Crippen LogP contribution in [0.4, 0.5) is 0 Å². The number of para-hydroxylation sites is 1. The van der Waals surface area contributed by atoms with Crippen molar-refractivity contribution in [1.29, 1.82) is 0 Å². The lowest BCUT2D eigenvalue weighted by atomic mass is 9.46. The van der Waals surface area contributed by atoms with Gasteiger partial charge in [-0.15, -0.1) is 0 Å². The number of ether oxygens (including phenoxy) is 6. The van der Waals surface area contributed by atoms with E-state index in [1.165, 1.54) is 26.8 Å². The molecule has 0 unspecified atom stereocenters. The van der Waals surface area contributed by atoms with Gasteiger partial charge in [0.25, 0.3) is 0 Å². The van der Waals surface area contributed by atoms with E-state index in [1.807, 2.05) is 30.3 Å². The van der Waals surface area contributed by atoms with Gasteiger partial charge in [-0.2, -0.15) is 0 Å². The standard InChI is InChI=1S/C36H42O11/c1-22(37)42-21-35-27(46-28(40)18-17-25-13-9-7-10-14-25)19-20-34(6,41)36(35)31(44-24(3)39)29(33(4,5)47-36)30(43-23(2)38)32(35)45-26-15-11-8-12-16-26/h7-18,27,29-32,41H,19-21H2,1-6H3/t27-,29-,30+,31+,32+,34-,35+,36-/m0/s1. The highest BCUT2D eigenvalue weighted by Crippen LogP contribution is 2.69. The van der Waals surface area contributed by atoms with Crippen LogP contribution in [0.5, 0.6) is 5.75 Å². The lowest BCUT2D eigenvalue weighted by Crippen LogP contribution is -2.84. The van der Waals surface area contributed by atoms with Gasteiger partial charge in [0, 0.05) is 26.8 Å². The summed E-state index contributed by atoms with van der Waals surface area (Å²) in [5.41, 5.74) is -5.89. The Hall–Kier alpha value is -4.22. The van der Waals surface area contributed by atoms with E-state index >= 15 is 0 Å². The number of aliphatic hydroxyl groups is 1. The molecule has 252 valence electrons. The van der Waals surface area contributed by atoms with Crippen LogP contribution in [0.25, 0.3) is 6.08 Å². The van der Waals surface area contributed by atoms with Crippen LogP contribution in [0.15, 0.2) is 66.7 Å². The minimum atomic E-state index is -1.89. The second-order valence-corrected chi connectivity index (χ2v) is 13.2. The minimum Gasteiger partial charge on any atom is -0.486 e. The van der Waals surface area contributed by atoms with Gasteiger partial charge in [-0.25, -0.2) is 4.79 Å². The van der Waals surface area contributed by atoms with Crippen molar-refractivity contribution in [2.24, 2.45) is 11.3 Å². The highest BCUT2D eigenvalue weighted by Gasteiger charge is 2.87. The van der Waals surface area contributed by atoms with Gasteiger partial charge < -0.3 is 33.5 Å². The van der Waals surface area contributed by atoms with Crippen LogP contribution in [0.1, 0.15) is 59.9 Å². The van der Waals surface area contributed by atoms with E-state index in [4.69, 9.17) is 28.4 Å². The maximum Gasteiger partial charge on any atom is 0.331 e. The van der Waals surface area contributed by atoms with E-state index in [0.717, 1.165) is 5.56 Å². The summed E-state index contributed by atoms with van der Waals surface area (Å²) in [4.78, 5) is 51.8. The van der Waals surface area contributed by atoms with E-state index < -0.39 is 83.0 Å². The molecule has 1 heterocycles. The summed E-state index contributed by atoms with van der Waals surface area (Å²) in [6, 6.07) is 17.9. The van der Waals surface area contributed by atoms with Crippen molar-refractivity contribution >= 4 is 30.0 Å². The molecule has 1 spiro atoms. The van der Waals surface area contributed by atoms with Gasteiger partial charge in [-0.1, -0.05) is 48.5 Å². The second kappa shape index (κ2) is 12.8. The van der Waals surface area contributed by atoms with Crippen LogP contribution in [-0.4, -0.2) is 76.8 Å². The first-order chi connectivity index (χ1) is 22.1. The third kappa shape index (κ3) is 6.02. The zero-order valence-electron chi connectivity index (χ0n) is 27.5. The number of benzene rings is 2. The molecule has 8 atom stereocenters. The van der Waals surface area contributed by atoms with Crippen LogP contribution in [0, 0.1) is 11.3 Å². The average Bonchev–Trinajstić information content (AvgIpc) is 3.20. The van der Waals surface area contributed by atoms with Gasteiger partial charge in [0.2, 0.25) is 0 Å². The maximum absolute atomic E-state index is 13.6. The van der Waals surface area contributed by atoms with E-state index in [-0.39, 0.29) is 12.8 Å². The summed E-state index contributed by atoms with van der Waals surface area (Å²) in [6.45, 7) is 8.24. The lowest BCUT2D eigenvalue weighted by molar-refractivity contribution is -0.346. The first-order valence-corrected chi connectivity index (χ1v) is 15.7. The Morgan fingerprint density at radius 2 is 1.47 bits per heavy atom. The molecular formula is C36H42O11. The number of hydrogen-bond donors (Lipinski definition) is 1. The molecule has 1 N–H and O–H groups in total. The van der Waals surface area contributed by atoms with E-state index in [1.54, 1.807) is 57.2 Å². The Morgan fingerprint density at radius 3 is 2.06 bits per heavy atom. The Balaban J connectivity index is 1.78. The smallest absolute Gasteiger partial charge is 0.331 e. The molecule has 2 aromatic carbocycles. The van der Waals surface area contributed by atoms with E-state index in [9.17, 15) is 24.3 Å². The Kier molecular flexibility index (Phi) is 9.27. The summed E-state index contributed by atoms with van der Waals surface area (Å²) >= 11 is 0. The second-order valence-electron chi connectivity index (χ2n) is 13.2. The molecule has 1 aliphatic heterocycles. The van der Waals surface area contributed by atoms with E-state index in [0.29, 0.717) is 5.75 Å². The van der Waals surface area contributed by atoms with Gasteiger partial charge in [-0.05, 0) is 57.4 Å². The fraction of sp³-hybridized carbons (Fsp3) is 0.500. The molecule has 2 saturated carbocycles. The Labute approximate surface area is 274 Å². The molecule has 11 nitrogen and oxygen atoms in total. The van der Waals surface area contributed by atoms with Crippen LogP contribution in [-0.2, 0) is 42.9 Å². The topological polar surface area (TPSA) is 144 Å². The molecule has 2 aromatic rings. The third-order valence-corrected chi connectivity index (χ3v) is 9.66. The molecule has 2 bridgehead atoms. The highest BCUT2D eigenvalue weighted by molar-refractivity contribution is 5.87. The number of esters is 4. The number of carbonyl (C=O) groups excluding carboxylic acids is 4. The van der Waals surface area contributed by atoms with Crippen molar-refractivity contribution in [1.82, 2.24) is 0 Å². The van der Waals surface area contributed by atoms with Gasteiger partial charge in [0.1, 0.15) is 36.1 Å². The van der Waals surface area contributed by atoms with Crippen molar-refractivity contribution in [2.75, 3.05) is 6.61 Å². The summed E-state index contributed by atoms with van der Waals surface area (Å²) < 4.78 is 37.8. The fourth-order valence-electron chi connectivity index (χ4n) is 8.03. The molecule has 0 radical (unpaired) electrons. The van der Waals surface area contributed by atoms with Gasteiger partial charge >= 0.3 is 23.9 Å². The minimum absolute atomic E-state index is 0.0476. The Bertz CT molecular complexity index is 1520. The fourth-order valence-corrected chi connectivity index (χ4v) is 8.03. The first-order valence-electron chi connectivity index (χ1n) is 15.7. The number of fused-ring (bicyclic) bond motifs is 1. The Morgan fingerprint density at radius 1 is 0.851 bits per heavy atom. The normalized spacial score (nSPS) is 33.7. The first kappa shape index (κ1) is 34.1. The zero-order valence-corrected chi connectivity index (χ0v) is 27.5. The summed E-state index contributed by atoms with van der Waals surface area (Å²) in [5.74, 6) is -3.21. The van der Waals surface area contributed by atoms with Crippen LogP contribution >= 0.6 is 0 Å². The number of carbonyl (C=O) groups is 4. The van der Waals surface area contributed by atoms with Crippen molar-refractivity contribution in [3.63, 3.8) is 0 Å². The molecule has 1 saturated heterocycles. The highest BCUT2D eigenvalue weighted by atomic mass is 16.6. The van der Waals surface area contributed by atoms with Crippen molar-refractivity contribution < 1.29 is 52.7 Å². The quantitative estimate of drug-likeness (QED) is 0.237. The third-order valence-electron chi connectivity index (χ3n) is 9.66. The largest absolute Gasteiger partial charge is 0.486 e. The summed E-state index contributed by atoms with van der Waals surface area (Å²) in [6.07, 6.45) is -1.84. The van der Waals surface area contributed by atoms with Crippen LogP contribution in [0.2, 0.25) is 0 Å². The predicted octanol–water partition coefficient (Wildman–Crippen LogP) is 4.19. The van der Waals surface area contributed by atoms with Crippen molar-refractivity contribution in [3.05, 3.63) is 72.3 Å². The number of hydrogen-bond acceptors (Lipinski definition) is 11. The number of rotatable bonds is 9.